The second kappa shape index (κ2) is 10.2. The van der Waals surface area contributed by atoms with E-state index < -0.39 is 15.9 Å². The first-order valence-corrected chi connectivity index (χ1v) is 11.8. The number of benzene rings is 3. The summed E-state index contributed by atoms with van der Waals surface area (Å²) in [6, 6.07) is 21.6. The first-order valence-electron chi connectivity index (χ1n) is 9.93. The molecule has 0 aliphatic carbocycles. The summed E-state index contributed by atoms with van der Waals surface area (Å²) in [6.45, 7) is 0.360. The van der Waals surface area contributed by atoms with Gasteiger partial charge in [0.2, 0.25) is 10.0 Å². The number of carbonyl (C=O) groups excluding carboxylic acids is 1. The lowest BCUT2D eigenvalue weighted by molar-refractivity contribution is 0.0951. The molecule has 1 amide bonds. The van der Waals surface area contributed by atoms with E-state index in [4.69, 9.17) is 9.47 Å². The van der Waals surface area contributed by atoms with Crippen LogP contribution in [0.4, 0.5) is 5.69 Å². The van der Waals surface area contributed by atoms with Gasteiger partial charge in [0.1, 0.15) is 0 Å². The van der Waals surface area contributed by atoms with Crippen LogP contribution in [-0.2, 0) is 23.1 Å². The number of anilines is 1. The zero-order valence-electron chi connectivity index (χ0n) is 18.2. The molecule has 0 radical (unpaired) electrons. The first kappa shape index (κ1) is 23.1. The predicted molar refractivity (Wildman–Crippen MR) is 125 cm³/mol. The number of hydrogen-bond donors (Lipinski definition) is 1. The molecule has 3 aromatic carbocycles. The van der Waals surface area contributed by atoms with Gasteiger partial charge in [-0.1, -0.05) is 60.7 Å². The van der Waals surface area contributed by atoms with Crippen LogP contribution >= 0.6 is 0 Å². The van der Waals surface area contributed by atoms with E-state index in [1.54, 1.807) is 0 Å². The molecule has 0 fully saturated rings. The van der Waals surface area contributed by atoms with E-state index in [0.717, 1.165) is 17.4 Å². The van der Waals surface area contributed by atoms with Crippen LogP contribution in [0.25, 0.3) is 0 Å². The number of ether oxygens (including phenoxy) is 2. The number of hydrogen-bond acceptors (Lipinski definition) is 5. The molecular weight excluding hydrogens is 428 g/mol. The van der Waals surface area contributed by atoms with Crippen molar-refractivity contribution in [3.63, 3.8) is 0 Å². The molecule has 8 heteroatoms. The second-order valence-corrected chi connectivity index (χ2v) is 9.05. The van der Waals surface area contributed by atoms with Gasteiger partial charge in [-0.15, -0.1) is 0 Å². The summed E-state index contributed by atoms with van der Waals surface area (Å²) in [5.41, 5.74) is 2.08. The molecule has 0 aromatic heterocycles. The zero-order chi connectivity index (χ0) is 23.1. The van der Waals surface area contributed by atoms with E-state index in [9.17, 15) is 13.2 Å². The van der Waals surface area contributed by atoms with Crippen LogP contribution in [0.1, 0.15) is 21.5 Å². The topological polar surface area (TPSA) is 84.9 Å². The first-order chi connectivity index (χ1) is 15.3. The molecule has 32 heavy (non-hydrogen) atoms. The molecule has 0 bridgehead atoms. The number of nitrogens with zero attached hydrogens (tertiary/aromatic N) is 1. The van der Waals surface area contributed by atoms with Crippen LogP contribution in [0.5, 0.6) is 11.5 Å². The molecule has 0 saturated heterocycles. The van der Waals surface area contributed by atoms with Crippen LogP contribution in [0.3, 0.4) is 0 Å². The van der Waals surface area contributed by atoms with E-state index >= 15 is 0 Å². The monoisotopic (exact) mass is 454 g/mol. The minimum absolute atomic E-state index is 0.0636. The van der Waals surface area contributed by atoms with Crippen molar-refractivity contribution in [3.8, 4) is 11.5 Å². The summed E-state index contributed by atoms with van der Waals surface area (Å²) in [4.78, 5) is 13.2. The third-order valence-corrected chi connectivity index (χ3v) is 6.01. The minimum Gasteiger partial charge on any atom is -0.493 e. The highest BCUT2D eigenvalue weighted by molar-refractivity contribution is 7.92. The Morgan fingerprint density at radius 3 is 1.94 bits per heavy atom. The Kier molecular flexibility index (Phi) is 7.37. The molecule has 0 aliphatic heterocycles. The number of rotatable bonds is 9. The van der Waals surface area contributed by atoms with Gasteiger partial charge in [-0.2, -0.15) is 0 Å². The number of sulfonamides is 1. The summed E-state index contributed by atoms with van der Waals surface area (Å²) >= 11 is 0. The highest BCUT2D eigenvalue weighted by Crippen LogP contribution is 2.37. The Morgan fingerprint density at radius 2 is 1.41 bits per heavy atom. The molecule has 1 N–H and O–H groups in total. The summed E-state index contributed by atoms with van der Waals surface area (Å²) in [5.74, 6) is 0.226. The quantitative estimate of drug-likeness (QED) is 0.534. The van der Waals surface area contributed by atoms with Crippen LogP contribution in [0.15, 0.2) is 72.8 Å². The van der Waals surface area contributed by atoms with Crippen LogP contribution < -0.4 is 19.1 Å². The van der Waals surface area contributed by atoms with Gasteiger partial charge in [0.15, 0.2) is 11.5 Å². The standard InChI is InChI=1S/C24H26N2O5S/c1-30-22-14-20(24(27)25-16-18-10-6-4-7-11-18)21(15-23(22)31-2)26(32(3,28)29)17-19-12-8-5-9-13-19/h4-15H,16-17H2,1-3H3,(H,25,27). The minimum atomic E-state index is -3.73. The largest absolute Gasteiger partial charge is 0.493 e. The maximum atomic E-state index is 13.2. The number of amides is 1. The van der Waals surface area contributed by atoms with Crippen LogP contribution in [0.2, 0.25) is 0 Å². The SMILES string of the molecule is COc1cc(C(=O)NCc2ccccc2)c(N(Cc2ccccc2)S(C)(=O)=O)cc1OC. The Balaban J connectivity index is 2.05. The van der Waals surface area contributed by atoms with Gasteiger partial charge in [0.25, 0.3) is 5.91 Å². The van der Waals surface area contributed by atoms with Gasteiger partial charge >= 0.3 is 0 Å². The smallest absolute Gasteiger partial charge is 0.253 e. The zero-order valence-corrected chi connectivity index (χ0v) is 19.1. The molecule has 3 rings (SSSR count). The summed E-state index contributed by atoms with van der Waals surface area (Å²) in [5, 5.41) is 2.86. The van der Waals surface area contributed by atoms with E-state index in [0.29, 0.717) is 18.0 Å². The van der Waals surface area contributed by atoms with Crippen molar-refractivity contribution >= 4 is 21.6 Å². The highest BCUT2D eigenvalue weighted by Gasteiger charge is 2.26. The maximum Gasteiger partial charge on any atom is 0.253 e. The van der Waals surface area contributed by atoms with Crippen molar-refractivity contribution in [2.45, 2.75) is 13.1 Å². The Morgan fingerprint density at radius 1 is 0.875 bits per heavy atom. The molecule has 0 heterocycles. The number of methoxy groups -OCH3 is 2. The van der Waals surface area contributed by atoms with Gasteiger partial charge < -0.3 is 14.8 Å². The second-order valence-electron chi connectivity index (χ2n) is 7.15. The molecular formula is C24H26N2O5S. The fraction of sp³-hybridized carbons (Fsp3) is 0.208. The average Bonchev–Trinajstić information content (AvgIpc) is 2.80. The lowest BCUT2D eigenvalue weighted by Gasteiger charge is -2.26. The summed E-state index contributed by atoms with van der Waals surface area (Å²) in [7, 11) is -0.810. The fourth-order valence-corrected chi connectivity index (χ4v) is 4.15. The van der Waals surface area contributed by atoms with Crippen molar-refractivity contribution in [1.82, 2.24) is 5.32 Å². The van der Waals surface area contributed by atoms with Crippen molar-refractivity contribution in [2.24, 2.45) is 0 Å². The molecule has 3 aromatic rings. The summed E-state index contributed by atoms with van der Waals surface area (Å²) < 4.78 is 37.5. The fourth-order valence-electron chi connectivity index (χ4n) is 3.26. The molecule has 0 spiro atoms. The normalized spacial score (nSPS) is 11.0. The van der Waals surface area contributed by atoms with Gasteiger partial charge in [-0.3, -0.25) is 9.10 Å². The highest BCUT2D eigenvalue weighted by atomic mass is 32.2. The summed E-state index contributed by atoms with van der Waals surface area (Å²) in [6.07, 6.45) is 1.11. The van der Waals surface area contributed by atoms with Crippen LogP contribution in [-0.4, -0.2) is 34.8 Å². The predicted octanol–water partition coefficient (Wildman–Crippen LogP) is 3.60. The molecule has 0 unspecified atom stereocenters. The third-order valence-electron chi connectivity index (χ3n) is 4.88. The number of carbonyl (C=O) groups is 1. The van der Waals surface area contributed by atoms with E-state index in [1.807, 2.05) is 60.7 Å². The van der Waals surface area contributed by atoms with Gasteiger partial charge in [-0.05, 0) is 17.2 Å². The van der Waals surface area contributed by atoms with E-state index in [-0.39, 0.29) is 17.8 Å². The molecule has 7 nitrogen and oxygen atoms in total. The van der Waals surface area contributed by atoms with Crippen LogP contribution in [0, 0.1) is 0 Å². The molecule has 0 atom stereocenters. The van der Waals surface area contributed by atoms with Crippen molar-refractivity contribution in [2.75, 3.05) is 24.8 Å². The molecule has 168 valence electrons. The van der Waals surface area contributed by atoms with Crippen molar-refractivity contribution in [3.05, 3.63) is 89.5 Å². The molecule has 0 aliphatic rings. The van der Waals surface area contributed by atoms with E-state index in [2.05, 4.69) is 5.32 Å². The van der Waals surface area contributed by atoms with E-state index in [1.165, 1.54) is 30.7 Å². The van der Waals surface area contributed by atoms with Gasteiger partial charge in [0, 0.05) is 12.6 Å². The maximum absolute atomic E-state index is 13.2. The van der Waals surface area contributed by atoms with Gasteiger partial charge in [-0.25, -0.2) is 8.42 Å². The molecule has 0 saturated carbocycles. The Bertz CT molecular complexity index is 1170. The number of nitrogens with one attached hydrogen (secondary N) is 1. The van der Waals surface area contributed by atoms with Crippen molar-refractivity contribution in [1.29, 1.82) is 0 Å². The lowest BCUT2D eigenvalue weighted by Crippen LogP contribution is -2.32. The Labute approximate surface area is 188 Å². The van der Waals surface area contributed by atoms with Crippen molar-refractivity contribution < 1.29 is 22.7 Å². The average molecular weight is 455 g/mol. The van der Waals surface area contributed by atoms with Gasteiger partial charge in [0.05, 0.1) is 38.3 Å². The lowest BCUT2D eigenvalue weighted by atomic mass is 10.1. The Hall–Kier alpha value is -3.52. The third kappa shape index (κ3) is 5.59.